The number of hydrogen-bond donors (Lipinski definition) is 2. The maximum atomic E-state index is 14.7. The van der Waals surface area contributed by atoms with Crippen LogP contribution in [0, 0.1) is 12.7 Å². The molecule has 2 N–H and O–H groups in total. The van der Waals surface area contributed by atoms with Crippen molar-refractivity contribution < 1.29 is 19.0 Å². The van der Waals surface area contributed by atoms with E-state index >= 15 is 0 Å². The molecule has 7 nitrogen and oxygen atoms in total. The van der Waals surface area contributed by atoms with Crippen LogP contribution in [0.2, 0.25) is 0 Å². The number of benzene rings is 1. The average Bonchev–Trinajstić information content (AvgIpc) is 3.20. The molecule has 2 heterocycles. The Hall–Kier alpha value is -2.94. The fraction of sp³-hybridized carbons (Fsp3) is 0.286. The standard InChI is InChI=1S/C21H21BrFN3O4/c1-12-7-18(27)20(21(29)26(12)6-5-14-10-24-11-25-14)16(9-19(28)30-2)15-4-3-13(22)8-17(15)23/h3-4,7-8,10-11,16,27H,5-6,9H2,1-2H3,(H,24,25)/t16-/m0/s1. The molecule has 0 aliphatic carbocycles. The van der Waals surface area contributed by atoms with Crippen molar-refractivity contribution >= 4 is 21.9 Å². The van der Waals surface area contributed by atoms with Gasteiger partial charge in [-0.05, 0) is 30.7 Å². The summed E-state index contributed by atoms with van der Waals surface area (Å²) in [4.78, 5) is 32.3. The molecule has 1 aromatic carbocycles. The van der Waals surface area contributed by atoms with Crippen molar-refractivity contribution in [2.45, 2.75) is 32.2 Å². The summed E-state index contributed by atoms with van der Waals surface area (Å²) < 4.78 is 21.5. The highest BCUT2D eigenvalue weighted by molar-refractivity contribution is 9.10. The van der Waals surface area contributed by atoms with Crippen molar-refractivity contribution in [3.05, 3.63) is 79.9 Å². The van der Waals surface area contributed by atoms with Gasteiger partial charge in [-0.25, -0.2) is 9.37 Å². The lowest BCUT2D eigenvalue weighted by atomic mass is 9.88. The van der Waals surface area contributed by atoms with Crippen molar-refractivity contribution in [3.63, 3.8) is 0 Å². The van der Waals surface area contributed by atoms with Crippen molar-refractivity contribution in [1.29, 1.82) is 0 Å². The van der Waals surface area contributed by atoms with E-state index in [1.807, 2.05) is 0 Å². The van der Waals surface area contributed by atoms with Gasteiger partial charge < -0.3 is 19.4 Å². The van der Waals surface area contributed by atoms with Crippen molar-refractivity contribution in [3.8, 4) is 5.75 Å². The van der Waals surface area contributed by atoms with Gasteiger partial charge in [-0.15, -0.1) is 0 Å². The van der Waals surface area contributed by atoms with Crippen LogP contribution in [-0.2, 0) is 22.5 Å². The van der Waals surface area contributed by atoms with Crippen molar-refractivity contribution in [2.75, 3.05) is 7.11 Å². The van der Waals surface area contributed by atoms with Gasteiger partial charge in [0, 0.05) is 40.9 Å². The van der Waals surface area contributed by atoms with E-state index in [0.29, 0.717) is 23.1 Å². The molecule has 0 spiro atoms. The van der Waals surface area contributed by atoms with Crippen LogP contribution in [0.15, 0.2) is 46.1 Å². The summed E-state index contributed by atoms with van der Waals surface area (Å²) in [5.41, 5.74) is 0.995. The Kier molecular flexibility index (Phi) is 6.71. The number of nitrogens with zero attached hydrogens (tertiary/aromatic N) is 2. The normalized spacial score (nSPS) is 12.0. The van der Waals surface area contributed by atoms with Gasteiger partial charge in [0.15, 0.2) is 0 Å². The third-order valence-corrected chi connectivity index (χ3v) is 5.46. The van der Waals surface area contributed by atoms with Gasteiger partial charge in [0.25, 0.3) is 5.56 Å². The molecule has 0 unspecified atom stereocenters. The van der Waals surface area contributed by atoms with Crippen molar-refractivity contribution in [1.82, 2.24) is 14.5 Å². The van der Waals surface area contributed by atoms with Crippen LogP contribution >= 0.6 is 15.9 Å². The molecule has 9 heteroatoms. The minimum absolute atomic E-state index is 0.0446. The predicted molar refractivity (Wildman–Crippen MR) is 112 cm³/mol. The Morgan fingerprint density at radius 3 is 2.80 bits per heavy atom. The van der Waals surface area contributed by atoms with Gasteiger partial charge in [0.1, 0.15) is 11.6 Å². The molecule has 0 saturated heterocycles. The third kappa shape index (κ3) is 4.62. The van der Waals surface area contributed by atoms with Crippen LogP contribution in [0.1, 0.15) is 34.9 Å². The second-order valence-corrected chi connectivity index (χ2v) is 7.78. The van der Waals surface area contributed by atoms with Gasteiger partial charge in [-0.2, -0.15) is 0 Å². The van der Waals surface area contributed by atoms with Crippen LogP contribution in [0.5, 0.6) is 5.75 Å². The van der Waals surface area contributed by atoms with E-state index in [9.17, 15) is 19.1 Å². The largest absolute Gasteiger partial charge is 0.507 e. The molecule has 0 bridgehead atoms. The number of ether oxygens (including phenoxy) is 1. The maximum Gasteiger partial charge on any atom is 0.306 e. The number of carbonyl (C=O) groups excluding carboxylic acids is 1. The first-order valence-electron chi connectivity index (χ1n) is 9.24. The Morgan fingerprint density at radius 1 is 1.40 bits per heavy atom. The highest BCUT2D eigenvalue weighted by Crippen LogP contribution is 2.34. The van der Waals surface area contributed by atoms with E-state index in [0.717, 1.165) is 5.69 Å². The van der Waals surface area contributed by atoms with Crippen LogP contribution in [0.3, 0.4) is 0 Å². The Labute approximate surface area is 180 Å². The second-order valence-electron chi connectivity index (χ2n) is 6.87. The summed E-state index contributed by atoms with van der Waals surface area (Å²) in [5, 5.41) is 10.6. The number of hydrogen-bond acceptors (Lipinski definition) is 5. The molecule has 0 radical (unpaired) electrons. The summed E-state index contributed by atoms with van der Waals surface area (Å²) in [6.45, 7) is 2.03. The molecule has 3 rings (SSSR count). The second kappa shape index (κ2) is 9.25. The number of pyridine rings is 1. The SMILES string of the molecule is COC(=O)C[C@@H](c1ccc(Br)cc1F)c1c(O)cc(C)n(CCc2cnc[nH]2)c1=O. The first kappa shape index (κ1) is 21.8. The molecule has 3 aromatic rings. The molecular weight excluding hydrogens is 457 g/mol. The maximum absolute atomic E-state index is 14.7. The number of rotatable bonds is 7. The molecule has 0 fully saturated rings. The smallest absolute Gasteiger partial charge is 0.306 e. The number of aryl methyl sites for hydroxylation is 2. The zero-order valence-corrected chi connectivity index (χ0v) is 18.1. The number of halogens is 2. The topological polar surface area (TPSA) is 97.2 Å². The number of nitrogens with one attached hydrogen (secondary N) is 1. The highest BCUT2D eigenvalue weighted by atomic mass is 79.9. The highest BCUT2D eigenvalue weighted by Gasteiger charge is 2.28. The third-order valence-electron chi connectivity index (χ3n) is 4.97. The Bertz CT molecular complexity index is 1110. The molecule has 0 amide bonds. The molecule has 1 atom stereocenters. The van der Waals surface area contributed by atoms with Gasteiger partial charge >= 0.3 is 5.97 Å². The molecular formula is C21H21BrFN3O4. The number of aromatic nitrogens is 3. The Morgan fingerprint density at radius 2 is 2.17 bits per heavy atom. The van der Waals surface area contributed by atoms with Crippen LogP contribution in [0.25, 0.3) is 0 Å². The quantitative estimate of drug-likeness (QED) is 0.508. The number of methoxy groups -OCH3 is 1. The number of imidazole rings is 1. The number of esters is 1. The van der Waals surface area contributed by atoms with Gasteiger partial charge in [0.2, 0.25) is 0 Å². The van der Waals surface area contributed by atoms with Gasteiger partial charge in [-0.3, -0.25) is 9.59 Å². The summed E-state index contributed by atoms with van der Waals surface area (Å²) in [5.74, 6) is -2.50. The molecule has 0 aliphatic heterocycles. The fourth-order valence-corrected chi connectivity index (χ4v) is 3.76. The van der Waals surface area contributed by atoms with Crippen LogP contribution < -0.4 is 5.56 Å². The summed E-state index contributed by atoms with van der Waals surface area (Å²) in [6.07, 6.45) is 3.44. The van der Waals surface area contributed by atoms with E-state index < -0.39 is 23.3 Å². The number of aromatic amines is 1. The predicted octanol–water partition coefficient (Wildman–Crippen LogP) is 3.42. The number of aromatic hydroxyl groups is 1. The minimum atomic E-state index is -1.00. The minimum Gasteiger partial charge on any atom is -0.507 e. The van der Waals surface area contributed by atoms with E-state index in [2.05, 4.69) is 25.9 Å². The van der Waals surface area contributed by atoms with E-state index in [4.69, 9.17) is 4.74 Å². The van der Waals surface area contributed by atoms with Gasteiger partial charge in [-0.1, -0.05) is 22.0 Å². The van der Waals surface area contributed by atoms with Crippen LogP contribution in [-0.4, -0.2) is 32.7 Å². The monoisotopic (exact) mass is 477 g/mol. The lowest BCUT2D eigenvalue weighted by Crippen LogP contribution is -2.29. The van der Waals surface area contributed by atoms with Crippen molar-refractivity contribution in [2.24, 2.45) is 0 Å². The summed E-state index contributed by atoms with van der Waals surface area (Å²) in [6, 6.07) is 5.80. The zero-order chi connectivity index (χ0) is 21.8. The first-order valence-corrected chi connectivity index (χ1v) is 10.0. The molecule has 30 heavy (non-hydrogen) atoms. The summed E-state index contributed by atoms with van der Waals surface area (Å²) in [7, 11) is 1.22. The first-order chi connectivity index (χ1) is 14.3. The molecule has 0 aliphatic rings. The molecule has 2 aromatic heterocycles. The average molecular weight is 478 g/mol. The number of carbonyl (C=O) groups is 1. The zero-order valence-electron chi connectivity index (χ0n) is 16.5. The van der Waals surface area contributed by atoms with Crippen LogP contribution in [0.4, 0.5) is 4.39 Å². The van der Waals surface area contributed by atoms with E-state index in [1.165, 1.54) is 29.9 Å². The fourth-order valence-electron chi connectivity index (χ4n) is 3.43. The van der Waals surface area contributed by atoms with E-state index in [1.54, 1.807) is 25.5 Å². The Balaban J connectivity index is 2.11. The molecule has 0 saturated carbocycles. The van der Waals surface area contributed by atoms with Gasteiger partial charge in [0.05, 0.1) is 25.4 Å². The summed E-state index contributed by atoms with van der Waals surface area (Å²) >= 11 is 3.20. The molecule has 158 valence electrons. The van der Waals surface area contributed by atoms with E-state index in [-0.39, 0.29) is 23.3 Å². The lowest BCUT2D eigenvalue weighted by Gasteiger charge is -2.21. The lowest BCUT2D eigenvalue weighted by molar-refractivity contribution is -0.140. The number of H-pyrrole nitrogens is 1.